The van der Waals surface area contributed by atoms with Gasteiger partial charge < -0.3 is 24.6 Å². The third-order valence-electron chi connectivity index (χ3n) is 6.83. The average Bonchev–Trinajstić information content (AvgIpc) is 3.42. The van der Waals surface area contributed by atoms with Crippen molar-refractivity contribution in [3.05, 3.63) is 35.9 Å². The van der Waals surface area contributed by atoms with Crippen molar-refractivity contribution in [3.63, 3.8) is 0 Å². The Morgan fingerprint density at radius 1 is 0.971 bits per heavy atom. The first-order valence-corrected chi connectivity index (χ1v) is 12.3. The highest BCUT2D eigenvalue weighted by molar-refractivity contribution is 5.86. The summed E-state index contributed by atoms with van der Waals surface area (Å²) in [6, 6.07) is 7.95. The maximum Gasteiger partial charge on any atom is 0.239 e. The summed E-state index contributed by atoms with van der Waals surface area (Å²) >= 11 is 0. The Morgan fingerprint density at radius 3 is 2.57 bits per heavy atom. The van der Waals surface area contributed by atoms with Crippen LogP contribution in [0, 0.1) is 0 Å². The van der Waals surface area contributed by atoms with Gasteiger partial charge in [0.05, 0.1) is 37.4 Å². The van der Waals surface area contributed by atoms with E-state index >= 15 is 0 Å². The van der Waals surface area contributed by atoms with Gasteiger partial charge >= 0.3 is 0 Å². The molecule has 4 aromatic rings. The molecule has 0 aliphatic carbocycles. The third kappa shape index (κ3) is 4.14. The Labute approximate surface area is 203 Å². The summed E-state index contributed by atoms with van der Waals surface area (Å²) in [5.41, 5.74) is 3.40. The number of aliphatic hydroxyl groups is 1. The van der Waals surface area contributed by atoms with E-state index in [1.807, 2.05) is 35.9 Å². The van der Waals surface area contributed by atoms with Crippen LogP contribution in [0.4, 0.5) is 5.82 Å². The molecule has 6 rings (SSSR count). The average molecular weight is 478 g/mol. The van der Waals surface area contributed by atoms with Crippen LogP contribution in [0.25, 0.3) is 28.1 Å². The lowest BCUT2D eigenvalue weighted by molar-refractivity contribution is 0.122. The molecule has 0 saturated carbocycles. The third-order valence-corrected chi connectivity index (χ3v) is 6.83. The Kier molecular flexibility index (Phi) is 6.06. The van der Waals surface area contributed by atoms with E-state index in [0.29, 0.717) is 25.6 Å². The number of morpholine rings is 1. The first kappa shape index (κ1) is 22.4. The molecular formula is C24H31N9O2. The van der Waals surface area contributed by atoms with Crippen molar-refractivity contribution in [2.45, 2.75) is 13.0 Å². The summed E-state index contributed by atoms with van der Waals surface area (Å²) in [4.78, 5) is 24.6. The topological polar surface area (TPSA) is 109 Å². The zero-order valence-electron chi connectivity index (χ0n) is 20.0. The standard InChI is InChI=1S/C24H31N9O2/c1-30-20(16-31-9-7-25-8-10-31)27-21-22(30)28-24(29-23(21)32-11-14-35-15-12-32)33-18-5-3-2-4-17(18)26-19(33)6-13-34/h2-5,25,34H,6-16H2,1H3. The molecule has 2 aliphatic heterocycles. The Hall–Kier alpha value is -3.12. The summed E-state index contributed by atoms with van der Waals surface area (Å²) in [5, 5.41) is 13.1. The van der Waals surface area contributed by atoms with E-state index in [1.54, 1.807) is 0 Å². The highest BCUT2D eigenvalue weighted by Gasteiger charge is 2.25. The number of aryl methyl sites for hydroxylation is 1. The van der Waals surface area contributed by atoms with Crippen LogP contribution in [0.2, 0.25) is 0 Å². The van der Waals surface area contributed by atoms with Crippen LogP contribution in [-0.2, 0) is 24.8 Å². The van der Waals surface area contributed by atoms with E-state index in [9.17, 15) is 5.11 Å². The number of anilines is 1. The minimum Gasteiger partial charge on any atom is -0.396 e. The summed E-state index contributed by atoms with van der Waals surface area (Å²) in [6.45, 7) is 7.59. The van der Waals surface area contributed by atoms with Gasteiger partial charge in [0.15, 0.2) is 17.0 Å². The number of hydrogen-bond acceptors (Lipinski definition) is 9. The number of ether oxygens (including phenoxy) is 1. The van der Waals surface area contributed by atoms with Crippen molar-refractivity contribution in [3.8, 4) is 5.95 Å². The molecule has 11 nitrogen and oxygen atoms in total. The fourth-order valence-corrected chi connectivity index (χ4v) is 4.95. The van der Waals surface area contributed by atoms with Gasteiger partial charge in [-0.05, 0) is 12.1 Å². The molecule has 0 bridgehead atoms. The Bertz CT molecular complexity index is 1340. The summed E-state index contributed by atoms with van der Waals surface area (Å²) in [6.07, 6.45) is 0.419. The molecule has 11 heteroatoms. The van der Waals surface area contributed by atoms with Crippen molar-refractivity contribution in [1.29, 1.82) is 0 Å². The number of rotatable bonds is 6. The SMILES string of the molecule is Cn1c(CN2CCNCC2)nc2c(N3CCOCC3)nc(-n3c(CCO)nc4ccccc43)nc21. The number of aliphatic hydroxyl groups excluding tert-OH is 1. The molecule has 2 fully saturated rings. The van der Waals surface area contributed by atoms with Gasteiger partial charge in [-0.25, -0.2) is 9.97 Å². The van der Waals surface area contributed by atoms with Gasteiger partial charge in [0.1, 0.15) is 11.6 Å². The van der Waals surface area contributed by atoms with Gasteiger partial charge in [-0.3, -0.25) is 9.47 Å². The largest absolute Gasteiger partial charge is 0.396 e. The maximum absolute atomic E-state index is 9.71. The predicted octanol–water partition coefficient (Wildman–Crippen LogP) is 0.479. The van der Waals surface area contributed by atoms with Gasteiger partial charge in [0, 0.05) is 52.7 Å². The molecular weight excluding hydrogens is 446 g/mol. The van der Waals surface area contributed by atoms with Crippen molar-refractivity contribution in [2.75, 3.05) is 64.0 Å². The summed E-state index contributed by atoms with van der Waals surface area (Å²) < 4.78 is 9.67. The zero-order chi connectivity index (χ0) is 23.8. The summed E-state index contributed by atoms with van der Waals surface area (Å²) in [5.74, 6) is 3.09. The lowest BCUT2D eigenvalue weighted by Crippen LogP contribution is -2.43. The molecule has 1 aromatic carbocycles. The highest BCUT2D eigenvalue weighted by atomic mass is 16.5. The van der Waals surface area contributed by atoms with Gasteiger partial charge in [-0.15, -0.1) is 0 Å². The lowest BCUT2D eigenvalue weighted by Gasteiger charge is -2.28. The number of nitrogens with zero attached hydrogens (tertiary/aromatic N) is 8. The second-order valence-corrected chi connectivity index (χ2v) is 9.06. The molecule has 3 aromatic heterocycles. The van der Waals surface area contributed by atoms with Gasteiger partial charge in [-0.2, -0.15) is 9.97 Å². The van der Waals surface area contributed by atoms with Gasteiger partial charge in [0.2, 0.25) is 5.95 Å². The molecule has 0 radical (unpaired) electrons. The van der Waals surface area contributed by atoms with E-state index in [4.69, 9.17) is 24.7 Å². The van der Waals surface area contributed by atoms with Gasteiger partial charge in [-0.1, -0.05) is 12.1 Å². The van der Waals surface area contributed by atoms with E-state index < -0.39 is 0 Å². The number of piperazine rings is 1. The first-order chi connectivity index (χ1) is 17.2. The number of nitrogens with one attached hydrogen (secondary N) is 1. The molecule has 2 N–H and O–H groups in total. The van der Waals surface area contributed by atoms with E-state index in [0.717, 1.165) is 85.5 Å². The quantitative estimate of drug-likeness (QED) is 0.410. The molecule has 2 aliphatic rings. The fraction of sp³-hybridized carbons (Fsp3) is 0.500. The molecule has 0 atom stereocenters. The zero-order valence-corrected chi connectivity index (χ0v) is 20.0. The smallest absolute Gasteiger partial charge is 0.239 e. The van der Waals surface area contributed by atoms with E-state index in [-0.39, 0.29) is 6.61 Å². The van der Waals surface area contributed by atoms with Crippen molar-refractivity contribution in [1.82, 2.24) is 39.3 Å². The predicted molar refractivity (Wildman–Crippen MR) is 133 cm³/mol. The van der Waals surface area contributed by atoms with Crippen LogP contribution in [0.15, 0.2) is 24.3 Å². The normalized spacial score (nSPS) is 17.6. The number of imidazole rings is 2. The van der Waals surface area contributed by atoms with Crippen molar-refractivity contribution >= 4 is 28.0 Å². The van der Waals surface area contributed by atoms with Crippen molar-refractivity contribution < 1.29 is 9.84 Å². The van der Waals surface area contributed by atoms with Crippen LogP contribution < -0.4 is 10.2 Å². The van der Waals surface area contributed by atoms with E-state index in [2.05, 4.69) is 19.7 Å². The fourth-order valence-electron chi connectivity index (χ4n) is 4.95. The summed E-state index contributed by atoms with van der Waals surface area (Å²) in [7, 11) is 2.04. The van der Waals surface area contributed by atoms with E-state index in [1.165, 1.54) is 0 Å². The first-order valence-electron chi connectivity index (χ1n) is 12.3. The molecule has 35 heavy (non-hydrogen) atoms. The second kappa shape index (κ2) is 9.50. The lowest BCUT2D eigenvalue weighted by atomic mass is 10.3. The molecule has 0 unspecified atom stereocenters. The van der Waals surface area contributed by atoms with Crippen LogP contribution in [0.3, 0.4) is 0 Å². The second-order valence-electron chi connectivity index (χ2n) is 9.06. The van der Waals surface area contributed by atoms with Crippen LogP contribution in [-0.4, -0.2) is 98.2 Å². The Morgan fingerprint density at radius 2 is 1.77 bits per heavy atom. The highest BCUT2D eigenvalue weighted by Crippen LogP contribution is 2.28. The number of aromatic nitrogens is 6. The maximum atomic E-state index is 9.71. The number of hydrogen-bond donors (Lipinski definition) is 2. The van der Waals surface area contributed by atoms with Crippen molar-refractivity contribution in [2.24, 2.45) is 7.05 Å². The molecule has 0 spiro atoms. The molecule has 5 heterocycles. The minimum absolute atomic E-state index is 0.00242. The monoisotopic (exact) mass is 477 g/mol. The van der Waals surface area contributed by atoms with Gasteiger partial charge in [0.25, 0.3) is 0 Å². The molecule has 0 amide bonds. The number of benzene rings is 1. The molecule has 184 valence electrons. The van der Waals surface area contributed by atoms with Crippen LogP contribution in [0.5, 0.6) is 0 Å². The minimum atomic E-state index is 0.00242. The van der Waals surface area contributed by atoms with Crippen LogP contribution >= 0.6 is 0 Å². The number of para-hydroxylation sites is 2. The van der Waals surface area contributed by atoms with Crippen LogP contribution in [0.1, 0.15) is 11.6 Å². The Balaban J connectivity index is 1.52. The molecule has 2 saturated heterocycles. The number of fused-ring (bicyclic) bond motifs is 2.